The molecule has 23 heavy (non-hydrogen) atoms. The van der Waals surface area contributed by atoms with Gasteiger partial charge in [0.1, 0.15) is 11.5 Å². The minimum atomic E-state index is -0.653. The van der Waals surface area contributed by atoms with E-state index in [9.17, 15) is 4.79 Å². The summed E-state index contributed by atoms with van der Waals surface area (Å²) in [7, 11) is 4.76. The highest BCUT2D eigenvalue weighted by atomic mass is 16.6. The number of carbonyl (C=O) groups excluding carboxylic acids is 1. The third-order valence-electron chi connectivity index (χ3n) is 3.48. The highest BCUT2D eigenvalue weighted by Gasteiger charge is 2.31. The van der Waals surface area contributed by atoms with Crippen LogP contribution in [0.4, 0.5) is 0 Å². The average molecular weight is 322 g/mol. The second-order valence-corrected chi connectivity index (χ2v) is 5.27. The van der Waals surface area contributed by atoms with Gasteiger partial charge in [-0.1, -0.05) is 5.16 Å². The van der Waals surface area contributed by atoms with Gasteiger partial charge in [0.15, 0.2) is 0 Å². The summed E-state index contributed by atoms with van der Waals surface area (Å²) in [6.07, 6.45) is -0.282. The molecular weight excluding hydrogens is 300 g/mol. The maximum atomic E-state index is 12.2. The van der Waals surface area contributed by atoms with Crippen molar-refractivity contribution in [3.05, 3.63) is 23.8 Å². The number of carbonyl (C=O) groups is 1. The van der Waals surface area contributed by atoms with E-state index in [1.165, 1.54) is 0 Å². The standard InChI is InChI=1S/C16H22N2O5/c1-10(9-20-2)17-16(19)15-8-13(18-23-15)12-7-11(21-3)5-6-14(12)22-4/h5-7,10,15H,8-9H2,1-4H3,(H,17,19). The van der Waals surface area contributed by atoms with Crippen molar-refractivity contribution in [2.75, 3.05) is 27.9 Å². The van der Waals surface area contributed by atoms with Crippen molar-refractivity contribution < 1.29 is 23.8 Å². The quantitative estimate of drug-likeness (QED) is 0.820. The molecule has 1 aromatic carbocycles. The molecule has 0 bridgehead atoms. The maximum Gasteiger partial charge on any atom is 0.264 e. The van der Waals surface area contributed by atoms with E-state index in [2.05, 4.69) is 10.5 Å². The number of hydrogen-bond donors (Lipinski definition) is 1. The third kappa shape index (κ3) is 4.13. The van der Waals surface area contributed by atoms with Crippen LogP contribution in [-0.4, -0.2) is 51.7 Å². The summed E-state index contributed by atoms with van der Waals surface area (Å²) in [5.41, 5.74) is 1.41. The summed E-state index contributed by atoms with van der Waals surface area (Å²) in [5, 5.41) is 6.86. The molecule has 1 amide bonds. The van der Waals surface area contributed by atoms with Crippen LogP contribution in [0.25, 0.3) is 0 Å². The number of ether oxygens (including phenoxy) is 3. The largest absolute Gasteiger partial charge is 0.497 e. The molecule has 0 fully saturated rings. The van der Waals surface area contributed by atoms with E-state index < -0.39 is 6.10 Å². The van der Waals surface area contributed by atoms with Gasteiger partial charge in [-0.05, 0) is 25.1 Å². The van der Waals surface area contributed by atoms with Gasteiger partial charge in [0.25, 0.3) is 5.91 Å². The zero-order valence-electron chi connectivity index (χ0n) is 13.8. The lowest BCUT2D eigenvalue weighted by Crippen LogP contribution is -2.42. The molecule has 7 nitrogen and oxygen atoms in total. The van der Waals surface area contributed by atoms with Gasteiger partial charge in [0.05, 0.1) is 26.5 Å². The summed E-state index contributed by atoms with van der Waals surface area (Å²) in [4.78, 5) is 17.4. The number of hydrogen-bond acceptors (Lipinski definition) is 6. The van der Waals surface area contributed by atoms with Gasteiger partial charge in [0, 0.05) is 25.1 Å². The first-order valence-corrected chi connectivity index (χ1v) is 7.33. The first kappa shape index (κ1) is 17.1. The van der Waals surface area contributed by atoms with Crippen molar-refractivity contribution in [3.63, 3.8) is 0 Å². The van der Waals surface area contributed by atoms with Gasteiger partial charge in [0.2, 0.25) is 6.10 Å². The molecule has 0 saturated heterocycles. The smallest absolute Gasteiger partial charge is 0.264 e. The van der Waals surface area contributed by atoms with Crippen molar-refractivity contribution in [3.8, 4) is 11.5 Å². The van der Waals surface area contributed by atoms with Crippen molar-refractivity contribution >= 4 is 11.6 Å². The summed E-state index contributed by atoms with van der Waals surface area (Å²) in [6, 6.07) is 5.32. The molecule has 2 atom stereocenters. The molecule has 7 heteroatoms. The predicted molar refractivity (Wildman–Crippen MR) is 85.1 cm³/mol. The first-order chi connectivity index (χ1) is 11.1. The Morgan fingerprint density at radius 2 is 2.17 bits per heavy atom. The zero-order chi connectivity index (χ0) is 16.8. The van der Waals surface area contributed by atoms with Gasteiger partial charge < -0.3 is 24.4 Å². The van der Waals surface area contributed by atoms with E-state index in [0.717, 1.165) is 5.56 Å². The fourth-order valence-electron chi connectivity index (χ4n) is 2.34. The molecule has 0 aromatic heterocycles. The van der Waals surface area contributed by atoms with E-state index in [1.54, 1.807) is 33.5 Å². The van der Waals surface area contributed by atoms with Crippen LogP contribution in [0.5, 0.6) is 11.5 Å². The fraction of sp³-hybridized carbons (Fsp3) is 0.500. The molecule has 0 radical (unpaired) electrons. The molecule has 0 spiro atoms. The van der Waals surface area contributed by atoms with Crippen LogP contribution >= 0.6 is 0 Å². The third-order valence-corrected chi connectivity index (χ3v) is 3.48. The topological polar surface area (TPSA) is 78.4 Å². The Hall–Kier alpha value is -2.28. The average Bonchev–Trinajstić information content (AvgIpc) is 3.04. The molecule has 1 aliphatic rings. The van der Waals surface area contributed by atoms with E-state index in [4.69, 9.17) is 19.0 Å². The van der Waals surface area contributed by atoms with Gasteiger partial charge in [-0.3, -0.25) is 4.79 Å². The Labute approximate surface area is 135 Å². The molecule has 2 unspecified atom stereocenters. The lowest BCUT2D eigenvalue weighted by molar-refractivity contribution is -0.132. The predicted octanol–water partition coefficient (Wildman–Crippen LogP) is 1.35. The Morgan fingerprint density at radius 3 is 2.83 bits per heavy atom. The molecule has 1 N–H and O–H groups in total. The second kappa shape index (κ2) is 7.82. The van der Waals surface area contributed by atoms with Crippen LogP contribution in [0.2, 0.25) is 0 Å². The lowest BCUT2D eigenvalue weighted by Gasteiger charge is -2.15. The Balaban J connectivity index is 2.06. The van der Waals surface area contributed by atoms with Gasteiger partial charge >= 0.3 is 0 Å². The monoisotopic (exact) mass is 322 g/mol. The highest BCUT2D eigenvalue weighted by Crippen LogP contribution is 2.28. The van der Waals surface area contributed by atoms with Crippen LogP contribution in [0.1, 0.15) is 18.9 Å². The minimum Gasteiger partial charge on any atom is -0.497 e. The lowest BCUT2D eigenvalue weighted by atomic mass is 10.0. The summed E-state index contributed by atoms with van der Waals surface area (Å²) in [6.45, 7) is 2.30. The second-order valence-electron chi connectivity index (χ2n) is 5.27. The Bertz CT molecular complexity index is 588. The van der Waals surface area contributed by atoms with Crippen molar-refractivity contribution in [2.45, 2.75) is 25.5 Å². The van der Waals surface area contributed by atoms with Crippen molar-refractivity contribution in [1.82, 2.24) is 5.32 Å². The number of benzene rings is 1. The number of amides is 1. The van der Waals surface area contributed by atoms with Crippen LogP contribution < -0.4 is 14.8 Å². The number of nitrogens with zero attached hydrogens (tertiary/aromatic N) is 1. The summed E-state index contributed by atoms with van der Waals surface area (Å²) in [5.74, 6) is 1.13. The van der Waals surface area contributed by atoms with E-state index in [0.29, 0.717) is 30.2 Å². The van der Waals surface area contributed by atoms with Crippen molar-refractivity contribution in [1.29, 1.82) is 0 Å². The zero-order valence-corrected chi connectivity index (χ0v) is 13.8. The molecule has 0 aliphatic carbocycles. The van der Waals surface area contributed by atoms with Gasteiger partial charge in [-0.15, -0.1) is 0 Å². The number of oxime groups is 1. The molecular formula is C16H22N2O5. The number of rotatable bonds is 7. The summed E-state index contributed by atoms with van der Waals surface area (Å²) >= 11 is 0. The molecule has 1 heterocycles. The minimum absolute atomic E-state index is 0.0912. The first-order valence-electron chi connectivity index (χ1n) is 7.33. The van der Waals surface area contributed by atoms with E-state index in [-0.39, 0.29) is 11.9 Å². The van der Waals surface area contributed by atoms with Gasteiger partial charge in [-0.2, -0.15) is 0 Å². The van der Waals surface area contributed by atoms with E-state index >= 15 is 0 Å². The molecule has 1 aliphatic heterocycles. The SMILES string of the molecule is COCC(C)NC(=O)C1CC(c2cc(OC)ccc2OC)=NO1. The maximum absolute atomic E-state index is 12.2. The summed E-state index contributed by atoms with van der Waals surface area (Å²) < 4.78 is 15.6. The number of methoxy groups -OCH3 is 3. The molecule has 2 rings (SSSR count). The fourth-order valence-corrected chi connectivity index (χ4v) is 2.34. The molecule has 1 aromatic rings. The van der Waals surface area contributed by atoms with Crippen LogP contribution in [-0.2, 0) is 14.4 Å². The van der Waals surface area contributed by atoms with Crippen LogP contribution in [0.15, 0.2) is 23.4 Å². The van der Waals surface area contributed by atoms with Gasteiger partial charge in [-0.25, -0.2) is 0 Å². The Morgan fingerprint density at radius 1 is 1.39 bits per heavy atom. The van der Waals surface area contributed by atoms with Crippen LogP contribution in [0.3, 0.4) is 0 Å². The van der Waals surface area contributed by atoms with Crippen LogP contribution in [0, 0.1) is 0 Å². The van der Waals surface area contributed by atoms with E-state index in [1.807, 2.05) is 13.0 Å². The normalized spacial score (nSPS) is 17.9. The highest BCUT2D eigenvalue weighted by molar-refractivity contribution is 6.06. The number of nitrogens with one attached hydrogen (secondary N) is 1. The Kier molecular flexibility index (Phi) is 5.81. The molecule has 126 valence electrons. The molecule has 0 saturated carbocycles. The van der Waals surface area contributed by atoms with Crippen molar-refractivity contribution in [2.24, 2.45) is 5.16 Å².